The summed E-state index contributed by atoms with van der Waals surface area (Å²) in [5.74, 6) is -0.596. The number of thiocarbonyl (C=S) groups is 1. The number of hydrogen-bond donors (Lipinski definition) is 2. The van der Waals surface area contributed by atoms with Crippen molar-refractivity contribution in [3.05, 3.63) is 76.9 Å². The fraction of sp³-hybridized carbons (Fsp3) is 0.346. The molecule has 5 nitrogen and oxygen atoms in total. The smallest absolute Gasteiger partial charge is 0.336 e. The minimum atomic E-state index is -0.302. The van der Waals surface area contributed by atoms with Gasteiger partial charge in [0, 0.05) is 16.5 Å². The number of ether oxygens (including phenoxy) is 1. The number of amides is 1. The van der Waals surface area contributed by atoms with Gasteiger partial charge in [-0.15, -0.1) is 0 Å². The average Bonchev–Trinajstić information content (AvgIpc) is 2.80. The zero-order valence-corrected chi connectivity index (χ0v) is 19.1. The lowest BCUT2D eigenvalue weighted by molar-refractivity contribution is -0.140. The van der Waals surface area contributed by atoms with Crippen molar-refractivity contribution in [3.8, 4) is 0 Å². The Balaban J connectivity index is 1.73. The van der Waals surface area contributed by atoms with Crippen LogP contribution in [0.2, 0.25) is 0 Å². The third kappa shape index (κ3) is 4.46. The van der Waals surface area contributed by atoms with Crippen LogP contribution in [0.4, 0.5) is 0 Å². The van der Waals surface area contributed by atoms with E-state index in [2.05, 4.69) is 16.7 Å². The largest absolute Gasteiger partial charge is 0.463 e. The van der Waals surface area contributed by atoms with Gasteiger partial charge in [0.1, 0.15) is 0 Å². The van der Waals surface area contributed by atoms with E-state index >= 15 is 0 Å². The van der Waals surface area contributed by atoms with Crippen molar-refractivity contribution in [2.75, 3.05) is 6.61 Å². The quantitative estimate of drug-likeness (QED) is 0.521. The first-order valence-electron chi connectivity index (χ1n) is 11.2. The zero-order valence-electron chi connectivity index (χ0n) is 18.3. The maximum Gasteiger partial charge on any atom is 0.336 e. The van der Waals surface area contributed by atoms with Gasteiger partial charge in [-0.1, -0.05) is 61.7 Å². The van der Waals surface area contributed by atoms with Crippen LogP contribution in [0.15, 0.2) is 60.2 Å². The number of benzene rings is 2. The van der Waals surface area contributed by atoms with Gasteiger partial charge in [-0.2, -0.15) is 0 Å². The number of esters is 1. The molecule has 1 saturated carbocycles. The van der Waals surface area contributed by atoms with Gasteiger partial charge in [0.05, 0.1) is 17.9 Å². The Morgan fingerprint density at radius 2 is 1.69 bits per heavy atom. The molecule has 6 heteroatoms. The van der Waals surface area contributed by atoms with E-state index in [0.717, 1.165) is 37.7 Å². The summed E-state index contributed by atoms with van der Waals surface area (Å²) in [7, 11) is 0. The summed E-state index contributed by atoms with van der Waals surface area (Å²) in [6.07, 6.45) is 6.01. The fourth-order valence-electron chi connectivity index (χ4n) is 4.99. The van der Waals surface area contributed by atoms with Gasteiger partial charge in [0.2, 0.25) is 0 Å². The molecule has 0 unspecified atom stereocenters. The number of carbonyl (C=O) groups excluding carboxylic acids is 2. The van der Waals surface area contributed by atoms with Crippen molar-refractivity contribution in [1.82, 2.24) is 10.6 Å². The molecule has 1 amide bonds. The topological polar surface area (TPSA) is 67.4 Å². The molecule has 0 radical (unpaired) electrons. The average molecular weight is 449 g/mol. The van der Waals surface area contributed by atoms with E-state index in [4.69, 9.17) is 17.0 Å². The molecule has 0 aliphatic heterocycles. The van der Waals surface area contributed by atoms with E-state index in [-0.39, 0.29) is 22.4 Å². The molecular weight excluding hydrogens is 420 g/mol. The van der Waals surface area contributed by atoms with Crippen LogP contribution in [0.1, 0.15) is 60.5 Å². The Morgan fingerprint density at radius 3 is 2.41 bits per heavy atom. The minimum Gasteiger partial charge on any atom is -0.463 e. The van der Waals surface area contributed by atoms with E-state index in [0.29, 0.717) is 23.4 Å². The Morgan fingerprint density at radius 1 is 1.00 bits per heavy atom. The second-order valence-electron chi connectivity index (χ2n) is 8.42. The Bertz CT molecular complexity index is 1060. The summed E-state index contributed by atoms with van der Waals surface area (Å²) in [4.78, 5) is 25.9. The molecule has 1 fully saturated rings. The summed E-state index contributed by atoms with van der Waals surface area (Å²) >= 11 is 5.50. The highest BCUT2D eigenvalue weighted by molar-refractivity contribution is 7.80. The van der Waals surface area contributed by atoms with Gasteiger partial charge < -0.3 is 10.1 Å². The van der Waals surface area contributed by atoms with Crippen molar-refractivity contribution < 1.29 is 14.3 Å². The van der Waals surface area contributed by atoms with Crippen LogP contribution in [0, 0.1) is 5.41 Å². The maximum absolute atomic E-state index is 13.3. The Hall–Kier alpha value is -2.99. The lowest BCUT2D eigenvalue weighted by Gasteiger charge is -2.43. The first-order chi connectivity index (χ1) is 15.5. The zero-order chi connectivity index (χ0) is 22.6. The molecule has 0 atom stereocenters. The van der Waals surface area contributed by atoms with Crippen molar-refractivity contribution in [2.24, 2.45) is 5.41 Å². The van der Waals surface area contributed by atoms with Crippen LogP contribution in [-0.2, 0) is 16.0 Å². The van der Waals surface area contributed by atoms with Crippen molar-refractivity contribution in [2.45, 2.75) is 45.4 Å². The Kier molecular flexibility index (Phi) is 6.70. The summed E-state index contributed by atoms with van der Waals surface area (Å²) < 4.78 is 5.52. The predicted octanol–water partition coefficient (Wildman–Crippen LogP) is 4.77. The fourth-order valence-corrected chi connectivity index (χ4v) is 5.18. The van der Waals surface area contributed by atoms with E-state index in [1.54, 1.807) is 24.3 Å². The lowest BCUT2D eigenvalue weighted by Crippen LogP contribution is -2.43. The normalized spacial score (nSPS) is 16.8. The summed E-state index contributed by atoms with van der Waals surface area (Å²) in [6, 6.07) is 17.0. The number of rotatable bonds is 4. The van der Waals surface area contributed by atoms with Gasteiger partial charge in [-0.25, -0.2) is 4.79 Å². The summed E-state index contributed by atoms with van der Waals surface area (Å²) in [5, 5.41) is 6.13. The predicted molar refractivity (Wildman–Crippen MR) is 129 cm³/mol. The molecular formula is C26H28N2O3S. The SMILES string of the molecule is CCOC(=O)C1=C(NC(=S)NC(=O)c2ccccc2)c2ccccc2CC12CCCCC2. The molecule has 0 bridgehead atoms. The third-order valence-corrected chi connectivity index (χ3v) is 6.59. The third-order valence-electron chi connectivity index (χ3n) is 6.39. The number of fused-ring (bicyclic) bond motifs is 1. The van der Waals surface area contributed by atoms with Crippen LogP contribution in [0.5, 0.6) is 0 Å². The van der Waals surface area contributed by atoms with Crippen LogP contribution in [0.3, 0.4) is 0 Å². The Labute approximate surface area is 194 Å². The molecule has 166 valence electrons. The van der Waals surface area contributed by atoms with Gasteiger partial charge in [0.25, 0.3) is 5.91 Å². The molecule has 4 rings (SSSR count). The van der Waals surface area contributed by atoms with E-state index < -0.39 is 0 Å². The number of hydrogen-bond acceptors (Lipinski definition) is 4. The molecule has 0 aromatic heterocycles. The lowest BCUT2D eigenvalue weighted by atomic mass is 9.62. The van der Waals surface area contributed by atoms with Crippen LogP contribution in [0.25, 0.3) is 5.70 Å². The molecule has 32 heavy (non-hydrogen) atoms. The monoisotopic (exact) mass is 448 g/mol. The highest BCUT2D eigenvalue weighted by atomic mass is 32.1. The second kappa shape index (κ2) is 9.65. The van der Waals surface area contributed by atoms with E-state index in [1.807, 2.05) is 31.2 Å². The summed E-state index contributed by atoms with van der Waals surface area (Å²) in [6.45, 7) is 2.13. The molecule has 2 aromatic carbocycles. The van der Waals surface area contributed by atoms with E-state index in [1.165, 1.54) is 12.0 Å². The highest BCUT2D eigenvalue weighted by Gasteiger charge is 2.45. The first kappa shape index (κ1) is 22.2. The van der Waals surface area contributed by atoms with E-state index in [9.17, 15) is 9.59 Å². The van der Waals surface area contributed by atoms with Crippen molar-refractivity contribution in [3.63, 3.8) is 0 Å². The molecule has 2 N–H and O–H groups in total. The van der Waals surface area contributed by atoms with Crippen LogP contribution < -0.4 is 10.6 Å². The minimum absolute atomic E-state index is 0.165. The molecule has 2 aliphatic rings. The van der Waals surface area contributed by atoms with Gasteiger partial charge in [-0.05, 0) is 56.1 Å². The number of carbonyl (C=O) groups is 2. The second-order valence-corrected chi connectivity index (χ2v) is 8.83. The highest BCUT2D eigenvalue weighted by Crippen LogP contribution is 2.51. The first-order valence-corrected chi connectivity index (χ1v) is 11.6. The van der Waals surface area contributed by atoms with Gasteiger partial charge in [-0.3, -0.25) is 10.1 Å². The summed E-state index contributed by atoms with van der Waals surface area (Å²) in [5.41, 5.74) is 3.68. The molecule has 2 aromatic rings. The number of nitrogens with one attached hydrogen (secondary N) is 2. The van der Waals surface area contributed by atoms with Crippen LogP contribution in [-0.4, -0.2) is 23.6 Å². The van der Waals surface area contributed by atoms with Crippen molar-refractivity contribution >= 4 is 34.9 Å². The standard InChI is InChI=1S/C26H28N2O3S/c1-2-31-24(30)21-22(27-25(32)28-23(29)18-11-5-3-6-12-18)20-14-8-7-13-19(20)17-26(21)15-9-4-10-16-26/h3,5-8,11-14H,2,4,9-10,15-17H2,1H3,(H2,27,28,29,32). The van der Waals surface area contributed by atoms with Gasteiger partial charge >= 0.3 is 5.97 Å². The molecule has 0 saturated heterocycles. The van der Waals surface area contributed by atoms with Crippen LogP contribution >= 0.6 is 12.2 Å². The van der Waals surface area contributed by atoms with Gasteiger partial charge in [0.15, 0.2) is 5.11 Å². The van der Waals surface area contributed by atoms with Crippen molar-refractivity contribution in [1.29, 1.82) is 0 Å². The molecule has 1 spiro atoms. The molecule has 2 aliphatic carbocycles. The molecule has 0 heterocycles. The maximum atomic E-state index is 13.3.